The highest BCUT2D eigenvalue weighted by molar-refractivity contribution is 5.87. The molecule has 0 radical (unpaired) electrons. The number of amides is 4. The van der Waals surface area contributed by atoms with Crippen molar-refractivity contribution in [3.8, 4) is 0 Å². The van der Waals surface area contributed by atoms with E-state index in [0.29, 0.717) is 71.2 Å². The molecule has 0 aliphatic rings. The molecule has 51 heavy (non-hydrogen) atoms. The predicted molar refractivity (Wildman–Crippen MR) is 191 cm³/mol. The summed E-state index contributed by atoms with van der Waals surface area (Å²) in [5.41, 5.74) is 7.00. The minimum absolute atomic E-state index is 0.0854. The van der Waals surface area contributed by atoms with Crippen LogP contribution in [-0.2, 0) is 41.8 Å². The average molecular weight is 712 g/mol. The topological polar surface area (TPSA) is 214 Å². The number of guanidine groups is 1. The molecule has 0 aromatic heterocycles. The third-order valence-corrected chi connectivity index (χ3v) is 7.49. The van der Waals surface area contributed by atoms with Gasteiger partial charge in [-0.05, 0) is 56.6 Å². The van der Waals surface area contributed by atoms with Gasteiger partial charge in [-0.2, -0.15) is 0 Å². The second-order valence-corrected chi connectivity index (χ2v) is 11.9. The van der Waals surface area contributed by atoms with Crippen molar-refractivity contribution in [2.45, 2.75) is 84.2 Å². The molecule has 0 fully saturated rings. The molecule has 0 bridgehead atoms. The van der Waals surface area contributed by atoms with Crippen molar-refractivity contribution < 1.29 is 38.2 Å². The highest BCUT2D eigenvalue weighted by Crippen LogP contribution is 2.10. The Kier molecular flexibility index (Phi) is 20.3. The van der Waals surface area contributed by atoms with Gasteiger partial charge in [-0.15, -0.1) is 0 Å². The molecule has 15 heteroatoms. The Morgan fingerprint density at radius 2 is 1.33 bits per heavy atom. The Labute approximate surface area is 299 Å². The second-order valence-electron chi connectivity index (χ2n) is 11.9. The van der Waals surface area contributed by atoms with Crippen molar-refractivity contribution >= 4 is 35.9 Å². The quantitative estimate of drug-likeness (QED) is 0.0325. The molecule has 2 aromatic rings. The molecule has 4 amide bonds. The summed E-state index contributed by atoms with van der Waals surface area (Å²) >= 11 is 0. The van der Waals surface area contributed by atoms with Crippen LogP contribution in [0.2, 0.25) is 0 Å². The van der Waals surface area contributed by atoms with Crippen LogP contribution in [0, 0.1) is 5.41 Å². The van der Waals surface area contributed by atoms with Gasteiger partial charge >= 0.3 is 18.2 Å². The van der Waals surface area contributed by atoms with Crippen LogP contribution < -0.4 is 27.0 Å². The Morgan fingerprint density at radius 1 is 0.765 bits per heavy atom. The van der Waals surface area contributed by atoms with Crippen LogP contribution in [0.25, 0.3) is 0 Å². The van der Waals surface area contributed by atoms with E-state index in [9.17, 15) is 24.0 Å². The SMILES string of the molecule is CC(=O)OC(CCCCNC(=N)N)CC(=O)N[C@@H](C)C(=O)NCCCCN(CCCNC(=O)OCc1ccccc1)C(=O)OCc1ccccc1. The number of ether oxygens (including phenoxy) is 3. The van der Waals surface area contributed by atoms with Gasteiger partial charge in [-0.3, -0.25) is 19.8 Å². The minimum atomic E-state index is -0.813. The standard InChI is InChI=1S/C36H53N7O8/c1-27(42-32(45)24-31(51-28(2)44)18-9-10-20-40-34(37)38)33(46)39-19-11-12-22-43(36(48)50-26-30-16-7-4-8-17-30)23-13-21-41-35(47)49-25-29-14-5-3-6-15-29/h3-8,14-17,27,31H,9-13,18-26H2,1-2H3,(H,39,46)(H,41,47)(H,42,45)(H4,37,38,40)/t27-,31?/m0/s1. The number of carbonyl (C=O) groups excluding carboxylic acids is 5. The van der Waals surface area contributed by atoms with E-state index in [4.69, 9.17) is 25.4 Å². The first-order chi connectivity index (χ1) is 24.5. The summed E-state index contributed by atoms with van der Waals surface area (Å²) in [7, 11) is 0. The van der Waals surface area contributed by atoms with E-state index >= 15 is 0 Å². The largest absolute Gasteiger partial charge is 0.462 e. The van der Waals surface area contributed by atoms with Gasteiger partial charge in [0.2, 0.25) is 11.8 Å². The molecule has 2 aromatic carbocycles. The summed E-state index contributed by atoms with van der Waals surface area (Å²) in [5, 5.41) is 18.0. The predicted octanol–water partition coefficient (Wildman–Crippen LogP) is 3.32. The summed E-state index contributed by atoms with van der Waals surface area (Å²) in [6.07, 6.45) is 1.62. The summed E-state index contributed by atoms with van der Waals surface area (Å²) < 4.78 is 16.0. The maximum atomic E-state index is 13.0. The highest BCUT2D eigenvalue weighted by atomic mass is 16.6. The first kappa shape index (κ1) is 41.8. The summed E-state index contributed by atoms with van der Waals surface area (Å²) in [6.45, 7) is 4.95. The molecule has 7 N–H and O–H groups in total. The van der Waals surface area contributed by atoms with Crippen LogP contribution in [0.15, 0.2) is 60.7 Å². The number of hydrogen-bond donors (Lipinski definition) is 6. The smallest absolute Gasteiger partial charge is 0.410 e. The molecular weight excluding hydrogens is 658 g/mol. The number of nitrogens with zero attached hydrogens (tertiary/aromatic N) is 1. The third-order valence-electron chi connectivity index (χ3n) is 7.49. The molecule has 0 spiro atoms. The molecule has 0 aliphatic heterocycles. The first-order valence-corrected chi connectivity index (χ1v) is 17.3. The van der Waals surface area contributed by atoms with Crippen LogP contribution in [0.5, 0.6) is 0 Å². The minimum Gasteiger partial charge on any atom is -0.462 e. The van der Waals surface area contributed by atoms with E-state index in [-0.39, 0.29) is 31.5 Å². The van der Waals surface area contributed by atoms with Crippen molar-refractivity contribution in [3.05, 3.63) is 71.8 Å². The van der Waals surface area contributed by atoms with Gasteiger partial charge in [0.1, 0.15) is 25.4 Å². The number of esters is 1. The maximum absolute atomic E-state index is 13.0. The summed E-state index contributed by atoms with van der Waals surface area (Å²) in [5.74, 6) is -1.42. The van der Waals surface area contributed by atoms with Gasteiger partial charge in [-0.25, -0.2) is 9.59 Å². The fourth-order valence-electron chi connectivity index (χ4n) is 4.86. The lowest BCUT2D eigenvalue weighted by atomic mass is 10.1. The van der Waals surface area contributed by atoms with Crippen LogP contribution >= 0.6 is 0 Å². The molecule has 0 heterocycles. The van der Waals surface area contributed by atoms with Gasteiger partial charge in [0.05, 0.1) is 6.42 Å². The summed E-state index contributed by atoms with van der Waals surface area (Å²) in [6, 6.07) is 17.9. The van der Waals surface area contributed by atoms with Crippen molar-refractivity contribution in [2.24, 2.45) is 5.73 Å². The fraction of sp³-hybridized carbons (Fsp3) is 0.500. The average Bonchev–Trinajstić information content (AvgIpc) is 3.10. The van der Waals surface area contributed by atoms with E-state index < -0.39 is 36.2 Å². The Morgan fingerprint density at radius 3 is 1.96 bits per heavy atom. The highest BCUT2D eigenvalue weighted by Gasteiger charge is 2.21. The van der Waals surface area contributed by atoms with Gasteiger partial charge in [0.15, 0.2) is 5.96 Å². The maximum Gasteiger partial charge on any atom is 0.410 e. The van der Waals surface area contributed by atoms with Gasteiger partial charge < -0.3 is 46.1 Å². The number of hydrogen-bond acceptors (Lipinski definition) is 9. The van der Waals surface area contributed by atoms with Crippen LogP contribution in [-0.4, -0.2) is 85.7 Å². The van der Waals surface area contributed by atoms with Gasteiger partial charge in [0, 0.05) is 39.6 Å². The van der Waals surface area contributed by atoms with Crippen molar-refractivity contribution in [2.75, 3.05) is 32.7 Å². The van der Waals surface area contributed by atoms with Crippen molar-refractivity contribution in [1.29, 1.82) is 5.41 Å². The number of rotatable bonds is 23. The lowest BCUT2D eigenvalue weighted by Crippen LogP contribution is -2.46. The number of carbonyl (C=O) groups is 5. The van der Waals surface area contributed by atoms with Crippen molar-refractivity contribution in [3.63, 3.8) is 0 Å². The molecule has 2 atom stereocenters. The lowest BCUT2D eigenvalue weighted by molar-refractivity contribution is -0.148. The van der Waals surface area contributed by atoms with Gasteiger partial charge in [-0.1, -0.05) is 60.7 Å². The van der Waals surface area contributed by atoms with Crippen LogP contribution in [0.3, 0.4) is 0 Å². The van der Waals surface area contributed by atoms with E-state index in [1.54, 1.807) is 11.8 Å². The van der Waals surface area contributed by atoms with Crippen LogP contribution in [0.1, 0.15) is 69.9 Å². The Bertz CT molecular complexity index is 1360. The number of benzene rings is 2. The fourth-order valence-corrected chi connectivity index (χ4v) is 4.86. The second kappa shape index (κ2) is 24.7. The first-order valence-electron chi connectivity index (χ1n) is 17.3. The van der Waals surface area contributed by atoms with E-state index in [0.717, 1.165) is 11.1 Å². The number of nitrogens with two attached hydrogens (primary N) is 1. The molecule has 2 rings (SSSR count). The normalized spacial score (nSPS) is 11.6. The summed E-state index contributed by atoms with van der Waals surface area (Å²) in [4.78, 5) is 63.4. The molecule has 15 nitrogen and oxygen atoms in total. The van der Waals surface area contributed by atoms with E-state index in [2.05, 4.69) is 21.3 Å². The molecule has 0 aliphatic carbocycles. The zero-order chi connectivity index (χ0) is 37.3. The van der Waals surface area contributed by atoms with Crippen LogP contribution in [0.4, 0.5) is 9.59 Å². The molecular formula is C36H53N7O8. The number of unbranched alkanes of at least 4 members (excludes halogenated alkanes) is 2. The third kappa shape index (κ3) is 20.1. The number of nitrogens with one attached hydrogen (secondary N) is 5. The van der Waals surface area contributed by atoms with E-state index in [1.807, 2.05) is 60.7 Å². The van der Waals surface area contributed by atoms with E-state index in [1.165, 1.54) is 6.92 Å². The van der Waals surface area contributed by atoms with Crippen molar-refractivity contribution in [1.82, 2.24) is 26.2 Å². The zero-order valence-electron chi connectivity index (χ0n) is 29.6. The molecule has 1 unspecified atom stereocenters. The lowest BCUT2D eigenvalue weighted by Gasteiger charge is -2.22. The Balaban J connectivity index is 1.74. The Hall–Kier alpha value is -5.34. The number of alkyl carbamates (subject to hydrolysis) is 1. The van der Waals surface area contributed by atoms with Gasteiger partial charge in [0.25, 0.3) is 0 Å². The molecule has 280 valence electrons. The monoisotopic (exact) mass is 711 g/mol. The molecule has 0 saturated carbocycles. The zero-order valence-corrected chi connectivity index (χ0v) is 29.6. The molecule has 0 saturated heterocycles.